The van der Waals surface area contributed by atoms with Crippen LogP contribution in [0.25, 0.3) is 0 Å². The molecule has 2 heterocycles. The highest BCUT2D eigenvalue weighted by molar-refractivity contribution is 7.89. The second kappa shape index (κ2) is 5.61. The van der Waals surface area contributed by atoms with E-state index < -0.39 is 10.0 Å². The van der Waals surface area contributed by atoms with Gasteiger partial charge in [0.25, 0.3) is 0 Å². The zero-order chi connectivity index (χ0) is 13.2. The Hall–Kier alpha value is -0.560. The van der Waals surface area contributed by atoms with E-state index in [1.54, 1.807) is 13.2 Å². The van der Waals surface area contributed by atoms with Crippen LogP contribution in [0.3, 0.4) is 0 Å². The van der Waals surface area contributed by atoms with Gasteiger partial charge in [0.1, 0.15) is 0 Å². The minimum Gasteiger partial charge on any atom is -0.380 e. The average Bonchev–Trinajstić information content (AvgIpc) is 2.88. The minimum atomic E-state index is -3.43. The van der Waals surface area contributed by atoms with Crippen molar-refractivity contribution in [1.29, 1.82) is 0 Å². The quantitative estimate of drug-likeness (QED) is 0.857. The molecule has 0 radical (unpaired) electrons. The number of aromatic amines is 1. The first-order chi connectivity index (χ1) is 8.57. The molecule has 1 saturated heterocycles. The zero-order valence-corrected chi connectivity index (χ0v) is 11.8. The summed E-state index contributed by atoms with van der Waals surface area (Å²) in [6, 6.07) is 1.58. The van der Waals surface area contributed by atoms with Gasteiger partial charge in [-0.25, -0.2) is 8.42 Å². The first kappa shape index (κ1) is 13.9. The fourth-order valence-corrected chi connectivity index (χ4v) is 3.79. The standard InChI is InChI=1S/C11H17ClN2O3S/c1-17-10-3-2-4-14(8-10)18(15,16)11-5-9(6-12)13-7-11/h5,7,10,13H,2-4,6,8H2,1H3. The third-order valence-corrected chi connectivity index (χ3v) is 5.30. The van der Waals surface area contributed by atoms with Crippen LogP contribution in [0.5, 0.6) is 0 Å². The van der Waals surface area contributed by atoms with Gasteiger partial charge in [-0.3, -0.25) is 0 Å². The molecule has 0 amide bonds. The largest absolute Gasteiger partial charge is 0.380 e. The third kappa shape index (κ3) is 2.71. The lowest BCUT2D eigenvalue weighted by molar-refractivity contribution is 0.0572. The summed E-state index contributed by atoms with van der Waals surface area (Å²) in [7, 11) is -1.82. The van der Waals surface area contributed by atoms with Crippen molar-refractivity contribution in [1.82, 2.24) is 9.29 Å². The Balaban J connectivity index is 2.19. The number of piperidine rings is 1. The van der Waals surface area contributed by atoms with Crippen molar-refractivity contribution in [3.63, 3.8) is 0 Å². The number of rotatable bonds is 4. The van der Waals surface area contributed by atoms with Crippen molar-refractivity contribution in [2.24, 2.45) is 0 Å². The summed E-state index contributed by atoms with van der Waals surface area (Å²) in [6.07, 6.45) is 3.20. The number of aromatic nitrogens is 1. The second-order valence-electron chi connectivity index (χ2n) is 4.36. The van der Waals surface area contributed by atoms with E-state index in [1.165, 1.54) is 10.5 Å². The Bertz CT molecular complexity index is 500. The Kier molecular flexibility index (Phi) is 4.32. The number of methoxy groups -OCH3 is 1. The maximum Gasteiger partial charge on any atom is 0.244 e. The summed E-state index contributed by atoms with van der Waals surface area (Å²) >= 11 is 5.66. The van der Waals surface area contributed by atoms with E-state index in [-0.39, 0.29) is 16.9 Å². The predicted molar refractivity (Wildman–Crippen MR) is 69.1 cm³/mol. The van der Waals surface area contributed by atoms with Gasteiger partial charge >= 0.3 is 0 Å². The maximum atomic E-state index is 12.4. The van der Waals surface area contributed by atoms with E-state index in [4.69, 9.17) is 16.3 Å². The smallest absolute Gasteiger partial charge is 0.244 e. The number of sulfonamides is 1. The maximum absolute atomic E-state index is 12.4. The molecule has 102 valence electrons. The normalized spacial score (nSPS) is 22.2. The molecule has 1 aromatic rings. The highest BCUT2D eigenvalue weighted by Crippen LogP contribution is 2.22. The van der Waals surface area contributed by atoms with E-state index in [2.05, 4.69) is 4.98 Å². The molecule has 1 aromatic heterocycles. The molecule has 1 aliphatic rings. The number of halogens is 1. The van der Waals surface area contributed by atoms with Gasteiger partial charge in [0.05, 0.1) is 16.9 Å². The number of hydrogen-bond donors (Lipinski definition) is 1. The van der Waals surface area contributed by atoms with Crippen molar-refractivity contribution < 1.29 is 13.2 Å². The first-order valence-electron chi connectivity index (χ1n) is 5.84. The van der Waals surface area contributed by atoms with Gasteiger partial charge in [-0.1, -0.05) is 0 Å². The van der Waals surface area contributed by atoms with Gasteiger partial charge in [0, 0.05) is 32.1 Å². The van der Waals surface area contributed by atoms with Gasteiger partial charge < -0.3 is 9.72 Å². The molecular formula is C11H17ClN2O3S. The minimum absolute atomic E-state index is 0.0139. The fraction of sp³-hybridized carbons (Fsp3) is 0.636. The molecule has 1 N–H and O–H groups in total. The highest BCUT2D eigenvalue weighted by Gasteiger charge is 2.30. The van der Waals surface area contributed by atoms with Crippen molar-refractivity contribution in [3.05, 3.63) is 18.0 Å². The molecule has 0 bridgehead atoms. The number of ether oxygens (including phenoxy) is 1. The van der Waals surface area contributed by atoms with Crippen molar-refractivity contribution in [3.8, 4) is 0 Å². The molecule has 5 nitrogen and oxygen atoms in total. The first-order valence-corrected chi connectivity index (χ1v) is 7.81. The van der Waals surface area contributed by atoms with Crippen LogP contribution in [0.2, 0.25) is 0 Å². The molecule has 0 spiro atoms. The third-order valence-electron chi connectivity index (χ3n) is 3.17. The van der Waals surface area contributed by atoms with E-state index in [0.29, 0.717) is 18.8 Å². The summed E-state index contributed by atoms with van der Waals surface area (Å²) in [5.41, 5.74) is 0.704. The van der Waals surface area contributed by atoms with Crippen molar-refractivity contribution >= 4 is 21.6 Å². The predicted octanol–water partition coefficient (Wildman–Crippen LogP) is 1.55. The molecular weight excluding hydrogens is 276 g/mol. The van der Waals surface area contributed by atoms with Gasteiger partial charge in [0.2, 0.25) is 10.0 Å². The average molecular weight is 293 g/mol. The Morgan fingerprint density at radius 3 is 3.00 bits per heavy atom. The molecule has 1 atom stereocenters. The monoisotopic (exact) mass is 292 g/mol. The van der Waals surface area contributed by atoms with Gasteiger partial charge in [-0.2, -0.15) is 4.31 Å². The fourth-order valence-electron chi connectivity index (χ4n) is 2.11. The zero-order valence-electron chi connectivity index (χ0n) is 10.2. The lowest BCUT2D eigenvalue weighted by atomic mass is 10.1. The van der Waals surface area contributed by atoms with Crippen LogP contribution in [0.1, 0.15) is 18.5 Å². The lowest BCUT2D eigenvalue weighted by Crippen LogP contribution is -2.42. The van der Waals surface area contributed by atoms with E-state index >= 15 is 0 Å². The number of nitrogens with one attached hydrogen (secondary N) is 1. The number of nitrogens with zero attached hydrogens (tertiary/aromatic N) is 1. The summed E-state index contributed by atoms with van der Waals surface area (Å²) in [5, 5.41) is 0. The number of alkyl halides is 1. The molecule has 1 aliphatic heterocycles. The summed E-state index contributed by atoms with van der Waals surface area (Å²) < 4.78 is 31.5. The molecule has 2 rings (SSSR count). The van der Waals surface area contributed by atoms with Crippen molar-refractivity contribution in [2.45, 2.75) is 29.7 Å². The van der Waals surface area contributed by atoms with Crippen LogP contribution >= 0.6 is 11.6 Å². The summed E-state index contributed by atoms with van der Waals surface area (Å²) in [6.45, 7) is 0.962. The highest BCUT2D eigenvalue weighted by atomic mass is 35.5. The van der Waals surface area contributed by atoms with Gasteiger partial charge in [0.15, 0.2) is 0 Å². The summed E-state index contributed by atoms with van der Waals surface area (Å²) in [5.74, 6) is 0.274. The Morgan fingerprint density at radius 1 is 1.61 bits per heavy atom. The molecule has 18 heavy (non-hydrogen) atoms. The molecule has 0 saturated carbocycles. The van der Waals surface area contributed by atoms with Crippen LogP contribution in [0.15, 0.2) is 17.2 Å². The topological polar surface area (TPSA) is 62.4 Å². The van der Waals surface area contributed by atoms with E-state index in [0.717, 1.165) is 12.8 Å². The Labute approximate surface area is 112 Å². The van der Waals surface area contributed by atoms with Crippen LogP contribution in [-0.2, 0) is 20.6 Å². The molecule has 0 aromatic carbocycles. The number of H-pyrrole nitrogens is 1. The van der Waals surface area contributed by atoms with Crippen LogP contribution in [-0.4, -0.2) is 44.0 Å². The Morgan fingerprint density at radius 2 is 2.39 bits per heavy atom. The SMILES string of the molecule is COC1CCCN(S(=O)(=O)c2c[nH]c(CCl)c2)C1. The molecule has 1 fully saturated rings. The van der Waals surface area contributed by atoms with E-state index in [9.17, 15) is 8.42 Å². The van der Waals surface area contributed by atoms with Crippen LogP contribution in [0, 0.1) is 0 Å². The van der Waals surface area contributed by atoms with Crippen LogP contribution in [0.4, 0.5) is 0 Å². The molecule has 1 unspecified atom stereocenters. The van der Waals surface area contributed by atoms with Gasteiger partial charge in [-0.05, 0) is 18.9 Å². The van der Waals surface area contributed by atoms with Gasteiger partial charge in [-0.15, -0.1) is 11.6 Å². The molecule has 7 heteroatoms. The van der Waals surface area contributed by atoms with Crippen molar-refractivity contribution in [2.75, 3.05) is 20.2 Å². The molecule has 0 aliphatic carbocycles. The summed E-state index contributed by atoms with van der Waals surface area (Å²) in [4.78, 5) is 3.13. The second-order valence-corrected chi connectivity index (χ2v) is 6.56. The van der Waals surface area contributed by atoms with E-state index in [1.807, 2.05) is 0 Å². The van der Waals surface area contributed by atoms with Crippen LogP contribution < -0.4 is 0 Å². The lowest BCUT2D eigenvalue weighted by Gasteiger charge is -2.30. The number of hydrogen-bond acceptors (Lipinski definition) is 3.